The zero-order chi connectivity index (χ0) is 14.5. The lowest BCUT2D eigenvalue weighted by molar-refractivity contribution is 0.282. The number of nitrogens with two attached hydrogens (primary N) is 1. The van der Waals surface area contributed by atoms with Crippen LogP contribution in [0, 0.1) is 0 Å². The number of sulfonamides is 1. The van der Waals surface area contributed by atoms with Gasteiger partial charge in [-0.1, -0.05) is 13.8 Å². The molecule has 110 valence electrons. The van der Waals surface area contributed by atoms with Gasteiger partial charge < -0.3 is 10.6 Å². The second kappa shape index (κ2) is 6.99. The summed E-state index contributed by atoms with van der Waals surface area (Å²) in [6.07, 6.45) is 1.43. The summed E-state index contributed by atoms with van der Waals surface area (Å²) in [7, 11) is -3.60. The molecule has 0 aliphatic carbocycles. The highest BCUT2D eigenvalue weighted by atomic mass is 32.2. The zero-order valence-corrected chi connectivity index (χ0v) is 12.5. The fourth-order valence-electron chi connectivity index (χ4n) is 1.91. The van der Waals surface area contributed by atoms with E-state index in [1.54, 1.807) is 0 Å². The van der Waals surface area contributed by atoms with E-state index in [1.165, 1.54) is 6.20 Å². The van der Waals surface area contributed by atoms with Gasteiger partial charge in [-0.05, 0) is 20.0 Å². The lowest BCUT2D eigenvalue weighted by Crippen LogP contribution is -2.42. The van der Waals surface area contributed by atoms with Gasteiger partial charge >= 0.3 is 0 Å². The van der Waals surface area contributed by atoms with Gasteiger partial charge in [-0.3, -0.25) is 5.10 Å². The van der Waals surface area contributed by atoms with E-state index < -0.39 is 10.0 Å². The van der Waals surface area contributed by atoms with E-state index in [-0.39, 0.29) is 17.6 Å². The molecule has 1 rings (SSSR count). The highest BCUT2D eigenvalue weighted by Gasteiger charge is 2.22. The Labute approximate surface area is 114 Å². The fraction of sp³-hybridized carbons (Fsp3) is 0.727. The molecule has 19 heavy (non-hydrogen) atoms. The molecule has 8 heteroatoms. The van der Waals surface area contributed by atoms with Gasteiger partial charge in [0.25, 0.3) is 10.0 Å². The lowest BCUT2D eigenvalue weighted by atomic mass is 10.3. The van der Waals surface area contributed by atoms with Crippen molar-refractivity contribution >= 4 is 10.0 Å². The molecule has 1 atom stereocenters. The molecule has 1 unspecified atom stereocenters. The summed E-state index contributed by atoms with van der Waals surface area (Å²) in [6.45, 7) is 8.52. The van der Waals surface area contributed by atoms with Crippen molar-refractivity contribution in [2.24, 2.45) is 5.73 Å². The lowest BCUT2D eigenvalue weighted by Gasteiger charge is -2.23. The fourth-order valence-corrected chi connectivity index (χ4v) is 3.28. The van der Waals surface area contributed by atoms with Crippen LogP contribution in [0.5, 0.6) is 0 Å². The molecule has 0 spiro atoms. The van der Waals surface area contributed by atoms with Gasteiger partial charge in [-0.2, -0.15) is 5.10 Å². The monoisotopic (exact) mass is 289 g/mol. The Balaban J connectivity index is 2.75. The van der Waals surface area contributed by atoms with Gasteiger partial charge in [0.15, 0.2) is 5.03 Å². The molecule has 4 N–H and O–H groups in total. The van der Waals surface area contributed by atoms with Gasteiger partial charge in [0.1, 0.15) is 0 Å². The maximum absolute atomic E-state index is 12.2. The predicted molar refractivity (Wildman–Crippen MR) is 74.1 cm³/mol. The summed E-state index contributed by atoms with van der Waals surface area (Å²) in [4.78, 5) is 2.16. The SMILES string of the molecule is CCN(CC)CC(C)NS(=O)(=O)c1[nH]ncc1CN. The minimum absolute atomic E-state index is 0.0568. The minimum atomic E-state index is -3.60. The van der Waals surface area contributed by atoms with Crippen LogP contribution in [-0.4, -0.2) is 49.2 Å². The van der Waals surface area contributed by atoms with Crippen molar-refractivity contribution in [2.75, 3.05) is 19.6 Å². The van der Waals surface area contributed by atoms with E-state index in [0.717, 1.165) is 13.1 Å². The summed E-state index contributed by atoms with van der Waals surface area (Å²) < 4.78 is 27.0. The molecule has 0 saturated heterocycles. The van der Waals surface area contributed by atoms with Crippen molar-refractivity contribution in [2.45, 2.75) is 38.4 Å². The molecule has 1 aromatic rings. The first kappa shape index (κ1) is 16.1. The van der Waals surface area contributed by atoms with Crippen LogP contribution in [0.25, 0.3) is 0 Å². The second-order valence-corrected chi connectivity index (χ2v) is 6.09. The normalized spacial score (nSPS) is 13.9. The molecule has 0 aromatic carbocycles. The first-order valence-electron chi connectivity index (χ1n) is 6.41. The summed E-state index contributed by atoms with van der Waals surface area (Å²) in [5, 5.41) is 6.27. The van der Waals surface area contributed by atoms with E-state index >= 15 is 0 Å². The molecule has 7 nitrogen and oxygen atoms in total. The van der Waals surface area contributed by atoms with Crippen LogP contribution in [0.2, 0.25) is 0 Å². The van der Waals surface area contributed by atoms with Gasteiger partial charge in [0, 0.05) is 24.7 Å². The predicted octanol–water partition coefficient (Wildman–Crippen LogP) is -0.123. The van der Waals surface area contributed by atoms with Crippen molar-refractivity contribution in [1.82, 2.24) is 19.8 Å². The Morgan fingerprint density at radius 1 is 1.47 bits per heavy atom. The molecule has 1 heterocycles. The molecule has 0 fully saturated rings. The Morgan fingerprint density at radius 2 is 2.11 bits per heavy atom. The average Bonchev–Trinajstić information content (AvgIpc) is 2.84. The Morgan fingerprint density at radius 3 is 2.63 bits per heavy atom. The molecule has 0 amide bonds. The van der Waals surface area contributed by atoms with Gasteiger partial charge in [-0.15, -0.1) is 0 Å². The number of hydrogen-bond donors (Lipinski definition) is 3. The standard InChI is InChI=1S/C11H23N5O2S/c1-4-16(5-2)8-9(3)15-19(17,18)11-10(6-12)7-13-14-11/h7,9,15H,4-6,8,12H2,1-3H3,(H,13,14). The van der Waals surface area contributed by atoms with Crippen LogP contribution in [-0.2, 0) is 16.6 Å². The molecule has 0 bridgehead atoms. The topological polar surface area (TPSA) is 104 Å². The van der Waals surface area contributed by atoms with Crippen molar-refractivity contribution in [3.05, 3.63) is 11.8 Å². The van der Waals surface area contributed by atoms with Crippen LogP contribution in [0.4, 0.5) is 0 Å². The first-order chi connectivity index (χ1) is 8.94. The third-order valence-corrected chi connectivity index (χ3v) is 4.55. The van der Waals surface area contributed by atoms with Crippen LogP contribution < -0.4 is 10.5 Å². The second-order valence-electron chi connectivity index (χ2n) is 4.44. The van der Waals surface area contributed by atoms with Crippen LogP contribution in [0.1, 0.15) is 26.3 Å². The van der Waals surface area contributed by atoms with Crippen molar-refractivity contribution in [1.29, 1.82) is 0 Å². The number of aromatic amines is 1. The van der Waals surface area contributed by atoms with Gasteiger partial charge in [-0.25, -0.2) is 13.1 Å². The number of likely N-dealkylation sites (N-methyl/N-ethyl adjacent to an activating group) is 1. The third-order valence-electron chi connectivity index (χ3n) is 2.95. The number of nitrogens with zero attached hydrogens (tertiary/aromatic N) is 2. The molecule has 0 saturated carbocycles. The maximum atomic E-state index is 12.2. The Hall–Kier alpha value is -0.960. The van der Waals surface area contributed by atoms with Gasteiger partial charge in [0.2, 0.25) is 0 Å². The van der Waals surface area contributed by atoms with E-state index in [1.807, 2.05) is 20.8 Å². The molecule has 0 aliphatic heterocycles. The minimum Gasteiger partial charge on any atom is -0.326 e. The number of hydrogen-bond acceptors (Lipinski definition) is 5. The van der Waals surface area contributed by atoms with E-state index in [9.17, 15) is 8.42 Å². The number of H-pyrrole nitrogens is 1. The Kier molecular flexibility index (Phi) is 5.92. The summed E-state index contributed by atoms with van der Waals surface area (Å²) in [5.41, 5.74) is 5.97. The summed E-state index contributed by atoms with van der Waals surface area (Å²) in [6, 6.07) is -0.182. The average molecular weight is 289 g/mol. The molecule has 1 aromatic heterocycles. The number of rotatable bonds is 8. The smallest absolute Gasteiger partial charge is 0.258 e. The van der Waals surface area contributed by atoms with Gasteiger partial charge in [0.05, 0.1) is 6.20 Å². The quantitative estimate of drug-likeness (QED) is 0.619. The molecular formula is C11H23N5O2S. The maximum Gasteiger partial charge on any atom is 0.258 e. The van der Waals surface area contributed by atoms with E-state index in [2.05, 4.69) is 19.8 Å². The van der Waals surface area contributed by atoms with Crippen LogP contribution >= 0.6 is 0 Å². The van der Waals surface area contributed by atoms with E-state index in [4.69, 9.17) is 5.73 Å². The van der Waals surface area contributed by atoms with Crippen molar-refractivity contribution in [3.63, 3.8) is 0 Å². The van der Waals surface area contributed by atoms with Crippen molar-refractivity contribution in [3.8, 4) is 0 Å². The molecular weight excluding hydrogens is 266 g/mol. The first-order valence-corrected chi connectivity index (χ1v) is 7.89. The molecule has 0 radical (unpaired) electrons. The Bertz CT molecular complexity index is 481. The van der Waals surface area contributed by atoms with Crippen LogP contribution in [0.3, 0.4) is 0 Å². The zero-order valence-electron chi connectivity index (χ0n) is 11.7. The van der Waals surface area contributed by atoms with Crippen LogP contribution in [0.15, 0.2) is 11.2 Å². The van der Waals surface area contributed by atoms with Crippen molar-refractivity contribution < 1.29 is 8.42 Å². The van der Waals surface area contributed by atoms with E-state index in [0.29, 0.717) is 12.1 Å². The number of nitrogens with one attached hydrogen (secondary N) is 2. The highest BCUT2D eigenvalue weighted by Crippen LogP contribution is 2.11. The summed E-state index contributed by atoms with van der Waals surface area (Å²) >= 11 is 0. The largest absolute Gasteiger partial charge is 0.326 e. The highest BCUT2D eigenvalue weighted by molar-refractivity contribution is 7.89. The molecule has 0 aliphatic rings. The summed E-state index contributed by atoms with van der Waals surface area (Å²) in [5.74, 6) is 0. The number of aromatic nitrogens is 2. The third kappa shape index (κ3) is 4.27.